The number of carbonyl (C=O) groups excluding carboxylic acids is 3. The van der Waals surface area contributed by atoms with E-state index in [-0.39, 0.29) is 32.4 Å². The molecule has 0 bridgehead atoms. The largest absolute Gasteiger partial charge is 0.493 e. The number of hydrogen-bond acceptors (Lipinski definition) is 8. The number of likely N-dealkylation sites (tertiary alicyclic amines) is 1. The number of amides is 3. The third-order valence-corrected chi connectivity index (χ3v) is 9.71. The predicted octanol–water partition coefficient (Wildman–Crippen LogP) is 4.41. The standard InChI is InChI=1S/C34H50FN5O5S/c1-22-28(46-21-38-22)23-11-12-24(27(17-23)45-16-10-8-6-5-7-9-15-36)19-37-30(42)26-18-25(41)20-40(26)31(43)29(33(2,3)4)39-32(44)34(35)13-14-34/h11-12,17,21,25-26,29,41H,5-10,13-16,18-20,36H2,1-4H3,(H,37,42)(H,39,44)/t25?,26?,29-/m1/s1. The smallest absolute Gasteiger partial charge is 0.258 e. The number of aromatic nitrogens is 1. The quantitative estimate of drug-likeness (QED) is 0.195. The minimum atomic E-state index is -1.94. The van der Waals surface area contributed by atoms with Crippen molar-refractivity contribution in [1.82, 2.24) is 20.5 Å². The molecule has 254 valence electrons. The van der Waals surface area contributed by atoms with Gasteiger partial charge in [0.2, 0.25) is 11.8 Å². The van der Waals surface area contributed by atoms with E-state index in [1.807, 2.05) is 30.6 Å². The van der Waals surface area contributed by atoms with Crippen LogP contribution in [0, 0.1) is 12.3 Å². The topological polar surface area (TPSA) is 147 Å². The number of thiazole rings is 1. The van der Waals surface area contributed by atoms with Crippen LogP contribution in [0.2, 0.25) is 0 Å². The Kier molecular flexibility index (Phi) is 12.2. The normalized spacial score (nSPS) is 19.5. The van der Waals surface area contributed by atoms with Crippen molar-refractivity contribution in [3.8, 4) is 16.2 Å². The Labute approximate surface area is 275 Å². The SMILES string of the molecule is Cc1ncsc1-c1ccc(CNC(=O)C2CC(O)CN2C(=O)[C@@H](NC(=O)C2(F)CC2)C(C)(C)C)c(OCCCCCCCCN)c1. The second-order valence-corrected chi connectivity index (χ2v) is 14.6. The molecule has 1 saturated carbocycles. The van der Waals surface area contributed by atoms with E-state index < -0.39 is 47.0 Å². The highest BCUT2D eigenvalue weighted by Crippen LogP contribution is 2.40. The van der Waals surface area contributed by atoms with Crippen molar-refractivity contribution in [3.05, 3.63) is 35.0 Å². The molecule has 1 aliphatic heterocycles. The predicted molar refractivity (Wildman–Crippen MR) is 177 cm³/mol. The molecule has 2 aliphatic rings. The molecule has 3 amide bonds. The molecule has 0 spiro atoms. The van der Waals surface area contributed by atoms with E-state index in [9.17, 15) is 23.9 Å². The lowest BCUT2D eigenvalue weighted by Crippen LogP contribution is -2.59. The maximum Gasteiger partial charge on any atom is 0.258 e. The Bertz CT molecular complexity index is 1360. The van der Waals surface area contributed by atoms with Gasteiger partial charge in [-0.05, 0) is 56.2 Å². The molecular weight excluding hydrogens is 609 g/mol. The highest BCUT2D eigenvalue weighted by Gasteiger charge is 2.53. The van der Waals surface area contributed by atoms with Gasteiger partial charge < -0.3 is 31.1 Å². The molecule has 5 N–H and O–H groups in total. The first-order chi connectivity index (χ1) is 21.8. The maximum absolute atomic E-state index is 14.5. The van der Waals surface area contributed by atoms with Gasteiger partial charge >= 0.3 is 0 Å². The molecule has 3 atom stereocenters. The van der Waals surface area contributed by atoms with Crippen molar-refractivity contribution in [3.63, 3.8) is 0 Å². The summed E-state index contributed by atoms with van der Waals surface area (Å²) in [5.41, 5.74) is 7.41. The Morgan fingerprint density at radius 3 is 2.50 bits per heavy atom. The third-order valence-electron chi connectivity index (χ3n) is 8.73. The summed E-state index contributed by atoms with van der Waals surface area (Å²) in [6.45, 7) is 8.66. The van der Waals surface area contributed by atoms with E-state index in [0.717, 1.165) is 66.8 Å². The average molecular weight is 660 g/mol. The molecule has 2 heterocycles. The summed E-state index contributed by atoms with van der Waals surface area (Å²) < 4.78 is 20.7. The van der Waals surface area contributed by atoms with E-state index in [4.69, 9.17) is 10.5 Å². The zero-order chi connectivity index (χ0) is 33.5. The zero-order valence-electron chi connectivity index (χ0n) is 27.6. The van der Waals surface area contributed by atoms with Gasteiger partial charge in [-0.25, -0.2) is 9.37 Å². The van der Waals surface area contributed by atoms with Crippen molar-refractivity contribution >= 4 is 29.1 Å². The number of halogens is 1. The van der Waals surface area contributed by atoms with Crippen LogP contribution >= 0.6 is 11.3 Å². The molecular formula is C34H50FN5O5S. The first-order valence-electron chi connectivity index (χ1n) is 16.5. The van der Waals surface area contributed by atoms with Gasteiger partial charge in [0.1, 0.15) is 17.8 Å². The molecule has 46 heavy (non-hydrogen) atoms. The Morgan fingerprint density at radius 1 is 1.17 bits per heavy atom. The van der Waals surface area contributed by atoms with Gasteiger partial charge in [-0.2, -0.15) is 0 Å². The van der Waals surface area contributed by atoms with Crippen LogP contribution in [0.1, 0.15) is 89.8 Å². The number of nitrogens with zero attached hydrogens (tertiary/aromatic N) is 2. The number of nitrogens with two attached hydrogens (primary N) is 1. The number of hydrogen-bond donors (Lipinski definition) is 4. The molecule has 1 saturated heterocycles. The van der Waals surface area contributed by atoms with Gasteiger partial charge in [-0.3, -0.25) is 14.4 Å². The summed E-state index contributed by atoms with van der Waals surface area (Å²) in [7, 11) is 0. The van der Waals surface area contributed by atoms with E-state index in [2.05, 4.69) is 15.6 Å². The molecule has 2 aromatic rings. The van der Waals surface area contributed by atoms with Crippen LogP contribution < -0.4 is 21.1 Å². The van der Waals surface area contributed by atoms with E-state index in [0.29, 0.717) is 12.4 Å². The molecule has 1 aromatic carbocycles. The fraction of sp³-hybridized carbons (Fsp3) is 0.647. The minimum Gasteiger partial charge on any atom is -0.493 e. The maximum atomic E-state index is 14.5. The Morgan fingerprint density at radius 2 is 1.87 bits per heavy atom. The lowest BCUT2D eigenvalue weighted by molar-refractivity contribution is -0.145. The van der Waals surface area contributed by atoms with Crippen molar-refractivity contribution in [2.75, 3.05) is 19.7 Å². The van der Waals surface area contributed by atoms with Gasteiger partial charge in [0.15, 0.2) is 5.67 Å². The molecule has 1 aromatic heterocycles. The average Bonchev–Trinajstić information content (AvgIpc) is 3.42. The molecule has 4 rings (SSSR count). The summed E-state index contributed by atoms with van der Waals surface area (Å²) in [5.74, 6) is -1.07. The Balaban J connectivity index is 1.43. The monoisotopic (exact) mass is 659 g/mol. The van der Waals surface area contributed by atoms with Crippen LogP contribution in [0.4, 0.5) is 4.39 Å². The van der Waals surface area contributed by atoms with E-state index in [1.54, 1.807) is 32.1 Å². The minimum absolute atomic E-state index is 0.0520. The lowest BCUT2D eigenvalue weighted by Gasteiger charge is -2.35. The first kappa shape index (κ1) is 35.8. The van der Waals surface area contributed by atoms with Gasteiger partial charge in [-0.1, -0.05) is 58.6 Å². The molecule has 2 fully saturated rings. The summed E-state index contributed by atoms with van der Waals surface area (Å²) in [6, 6.07) is 3.89. The number of carbonyl (C=O) groups is 3. The number of alkyl halides is 1. The summed E-state index contributed by atoms with van der Waals surface area (Å²) in [5, 5.41) is 16.0. The Hall–Kier alpha value is -3.09. The summed E-state index contributed by atoms with van der Waals surface area (Å²) >= 11 is 1.56. The molecule has 10 nitrogen and oxygen atoms in total. The van der Waals surface area contributed by atoms with Crippen LogP contribution in [0.5, 0.6) is 5.75 Å². The van der Waals surface area contributed by atoms with Crippen LogP contribution in [0.15, 0.2) is 23.7 Å². The van der Waals surface area contributed by atoms with Crippen LogP contribution in [0.25, 0.3) is 10.4 Å². The van der Waals surface area contributed by atoms with E-state index >= 15 is 0 Å². The third kappa shape index (κ3) is 9.25. The van der Waals surface area contributed by atoms with Gasteiger partial charge in [0.05, 0.1) is 28.8 Å². The van der Waals surface area contributed by atoms with Crippen LogP contribution in [-0.2, 0) is 20.9 Å². The van der Waals surface area contributed by atoms with Gasteiger partial charge in [0.25, 0.3) is 5.91 Å². The van der Waals surface area contributed by atoms with Crippen molar-refractivity contribution in [1.29, 1.82) is 0 Å². The number of nitrogens with one attached hydrogen (secondary N) is 2. The number of unbranched alkanes of at least 4 members (excludes halogenated alkanes) is 5. The number of aryl methyl sites for hydroxylation is 1. The number of benzene rings is 1. The highest BCUT2D eigenvalue weighted by atomic mass is 32.1. The molecule has 1 aliphatic carbocycles. The number of ether oxygens (including phenoxy) is 1. The summed E-state index contributed by atoms with van der Waals surface area (Å²) in [6.07, 6.45) is 5.86. The van der Waals surface area contributed by atoms with E-state index in [1.165, 1.54) is 4.90 Å². The fourth-order valence-electron chi connectivity index (χ4n) is 5.71. The highest BCUT2D eigenvalue weighted by molar-refractivity contribution is 7.13. The van der Waals surface area contributed by atoms with Crippen molar-refractivity contribution < 1.29 is 28.6 Å². The summed E-state index contributed by atoms with van der Waals surface area (Å²) in [4.78, 5) is 46.6. The van der Waals surface area contributed by atoms with Crippen LogP contribution in [-0.4, -0.2) is 76.3 Å². The number of rotatable bonds is 16. The zero-order valence-corrected chi connectivity index (χ0v) is 28.4. The number of β-amino-alcohol motifs (C(OH)–C–C–N with tert-alkyl or cyclic N) is 1. The van der Waals surface area contributed by atoms with Crippen LogP contribution in [0.3, 0.4) is 0 Å². The second kappa shape index (κ2) is 15.7. The van der Waals surface area contributed by atoms with Crippen molar-refractivity contribution in [2.24, 2.45) is 11.1 Å². The second-order valence-electron chi connectivity index (χ2n) is 13.7. The molecule has 2 unspecified atom stereocenters. The van der Waals surface area contributed by atoms with Gasteiger partial charge in [-0.15, -0.1) is 11.3 Å². The van der Waals surface area contributed by atoms with Gasteiger partial charge in [0, 0.05) is 25.1 Å². The molecule has 12 heteroatoms. The first-order valence-corrected chi connectivity index (χ1v) is 17.3. The fourth-order valence-corrected chi connectivity index (χ4v) is 6.51. The lowest BCUT2D eigenvalue weighted by atomic mass is 9.85. The number of aliphatic hydroxyl groups excluding tert-OH is 1. The molecule has 0 radical (unpaired) electrons. The number of aliphatic hydroxyl groups is 1. The van der Waals surface area contributed by atoms with Crippen molar-refractivity contribution in [2.45, 2.75) is 116 Å².